The summed E-state index contributed by atoms with van der Waals surface area (Å²) in [6.07, 6.45) is -0.151. The number of aliphatic hydroxyl groups is 1. The molecule has 0 aliphatic carbocycles. The average molecular weight is 198 g/mol. The van der Waals surface area contributed by atoms with Crippen molar-refractivity contribution < 1.29 is 5.11 Å². The van der Waals surface area contributed by atoms with Gasteiger partial charge in [-0.3, -0.25) is 0 Å². The highest BCUT2D eigenvalue weighted by atomic mass is 16.3. The minimum absolute atomic E-state index is 0.0503. The quantitative estimate of drug-likeness (QED) is 0.604. The zero-order chi connectivity index (χ0) is 10.6. The fourth-order valence-electron chi connectivity index (χ4n) is 3.87. The van der Waals surface area contributed by atoms with E-state index < -0.39 is 0 Å². The molecule has 0 spiro atoms. The van der Waals surface area contributed by atoms with Gasteiger partial charge >= 0.3 is 0 Å². The van der Waals surface area contributed by atoms with E-state index in [1.54, 1.807) is 0 Å². The van der Waals surface area contributed by atoms with Gasteiger partial charge < -0.3 is 14.9 Å². The molecule has 3 heteroatoms. The maximum Gasteiger partial charge on any atom is 0.0696 e. The summed E-state index contributed by atoms with van der Waals surface area (Å²) in [6.45, 7) is 8.45. The molecule has 3 nitrogen and oxygen atoms in total. The van der Waals surface area contributed by atoms with Crippen LogP contribution in [-0.2, 0) is 0 Å². The van der Waals surface area contributed by atoms with Crippen LogP contribution in [-0.4, -0.2) is 61.3 Å². The van der Waals surface area contributed by atoms with E-state index in [4.69, 9.17) is 0 Å². The summed E-state index contributed by atoms with van der Waals surface area (Å²) >= 11 is 0. The van der Waals surface area contributed by atoms with E-state index in [2.05, 4.69) is 37.7 Å². The van der Waals surface area contributed by atoms with Crippen molar-refractivity contribution in [2.45, 2.75) is 20.0 Å². The van der Waals surface area contributed by atoms with Crippen molar-refractivity contribution in [1.29, 1.82) is 0 Å². The Morgan fingerprint density at radius 1 is 0.929 bits per heavy atom. The Bertz CT molecular complexity index is 205. The Balaban J connectivity index is 2.32. The molecule has 0 radical (unpaired) electrons. The van der Waals surface area contributed by atoms with Gasteiger partial charge in [0.05, 0.1) is 6.10 Å². The van der Waals surface area contributed by atoms with Gasteiger partial charge in [0.2, 0.25) is 0 Å². The molecule has 0 amide bonds. The van der Waals surface area contributed by atoms with E-state index >= 15 is 0 Å². The molecular weight excluding hydrogens is 176 g/mol. The van der Waals surface area contributed by atoms with Crippen LogP contribution in [0.15, 0.2) is 0 Å². The minimum Gasteiger partial charge on any atom is -0.392 e. The molecular formula is C11H22N2O. The maximum absolute atomic E-state index is 10.4. The van der Waals surface area contributed by atoms with E-state index in [-0.39, 0.29) is 16.9 Å². The Labute approximate surface area is 86.7 Å². The summed E-state index contributed by atoms with van der Waals surface area (Å²) in [5.41, 5.74) is 0.101. The first kappa shape index (κ1) is 10.4. The molecule has 82 valence electrons. The van der Waals surface area contributed by atoms with Gasteiger partial charge in [-0.05, 0) is 14.1 Å². The molecule has 2 saturated heterocycles. The van der Waals surface area contributed by atoms with Crippen molar-refractivity contribution in [3.63, 3.8) is 0 Å². The number of fused-ring (bicyclic) bond motifs is 2. The lowest BCUT2D eigenvalue weighted by molar-refractivity contribution is -0.165. The van der Waals surface area contributed by atoms with Crippen LogP contribution >= 0.6 is 0 Å². The molecule has 0 aromatic rings. The molecule has 0 saturated carbocycles. The van der Waals surface area contributed by atoms with Gasteiger partial charge in [0, 0.05) is 37.0 Å². The predicted octanol–water partition coefficient (Wildman–Crippen LogP) is 0.251. The molecule has 2 bridgehead atoms. The third-order valence-corrected chi connectivity index (χ3v) is 3.84. The molecule has 1 N–H and O–H groups in total. The second-order valence-corrected chi connectivity index (χ2v) is 6.06. The lowest BCUT2D eigenvalue weighted by atomic mass is 9.63. The van der Waals surface area contributed by atoms with Crippen LogP contribution in [0.3, 0.4) is 0 Å². The topological polar surface area (TPSA) is 26.7 Å². The van der Waals surface area contributed by atoms with Gasteiger partial charge in [-0.2, -0.15) is 0 Å². The summed E-state index contributed by atoms with van der Waals surface area (Å²) < 4.78 is 0. The second kappa shape index (κ2) is 2.94. The van der Waals surface area contributed by atoms with Gasteiger partial charge in [0.25, 0.3) is 0 Å². The summed E-state index contributed by atoms with van der Waals surface area (Å²) in [6, 6.07) is 0. The summed E-state index contributed by atoms with van der Waals surface area (Å²) in [5, 5.41) is 10.4. The lowest BCUT2D eigenvalue weighted by Gasteiger charge is -2.58. The molecule has 2 aliphatic rings. The Hall–Kier alpha value is -0.120. The third-order valence-electron chi connectivity index (χ3n) is 3.84. The van der Waals surface area contributed by atoms with Crippen LogP contribution in [0.2, 0.25) is 0 Å². The van der Waals surface area contributed by atoms with E-state index in [0.29, 0.717) is 0 Å². The molecule has 2 fully saturated rings. The highest BCUT2D eigenvalue weighted by Gasteiger charge is 2.54. The fraction of sp³-hybridized carbons (Fsp3) is 1.00. The molecule has 2 rings (SSSR count). The first-order valence-corrected chi connectivity index (χ1v) is 5.41. The van der Waals surface area contributed by atoms with Crippen molar-refractivity contribution in [2.75, 3.05) is 40.3 Å². The van der Waals surface area contributed by atoms with Gasteiger partial charge in [-0.25, -0.2) is 0 Å². The summed E-state index contributed by atoms with van der Waals surface area (Å²) in [5.74, 6) is 0. The zero-order valence-electron chi connectivity index (χ0n) is 9.75. The molecule has 2 aliphatic heterocycles. The number of rotatable bonds is 0. The molecule has 0 unspecified atom stereocenters. The predicted molar refractivity (Wildman–Crippen MR) is 57.2 cm³/mol. The highest BCUT2D eigenvalue weighted by Crippen LogP contribution is 2.44. The van der Waals surface area contributed by atoms with E-state index in [1.165, 1.54) is 0 Å². The molecule has 14 heavy (non-hydrogen) atoms. The van der Waals surface area contributed by atoms with Crippen LogP contribution in [0.4, 0.5) is 0 Å². The lowest BCUT2D eigenvalue weighted by Crippen LogP contribution is -2.68. The minimum atomic E-state index is -0.151. The molecule has 2 heterocycles. The number of hydrogen-bond acceptors (Lipinski definition) is 3. The molecule has 0 aromatic carbocycles. The van der Waals surface area contributed by atoms with Crippen molar-refractivity contribution in [3.8, 4) is 0 Å². The number of aliphatic hydroxyl groups excluding tert-OH is 1. The van der Waals surface area contributed by atoms with E-state index in [1.807, 2.05) is 0 Å². The summed E-state index contributed by atoms with van der Waals surface area (Å²) in [7, 11) is 4.32. The van der Waals surface area contributed by atoms with E-state index in [9.17, 15) is 5.11 Å². The normalized spacial score (nSPS) is 50.8. The molecule has 0 aromatic heterocycles. The van der Waals surface area contributed by atoms with Crippen molar-refractivity contribution in [1.82, 2.24) is 9.80 Å². The zero-order valence-corrected chi connectivity index (χ0v) is 9.75. The number of likely N-dealkylation sites (tertiary alicyclic amines) is 2. The first-order valence-electron chi connectivity index (χ1n) is 5.41. The average Bonchev–Trinajstić information content (AvgIpc) is 1.95. The van der Waals surface area contributed by atoms with Gasteiger partial charge in [-0.15, -0.1) is 0 Å². The smallest absolute Gasteiger partial charge is 0.0696 e. The number of hydrogen-bond donors (Lipinski definition) is 1. The summed E-state index contributed by atoms with van der Waals surface area (Å²) in [4.78, 5) is 4.72. The fourth-order valence-corrected chi connectivity index (χ4v) is 3.87. The Morgan fingerprint density at radius 3 is 1.50 bits per heavy atom. The number of nitrogens with zero attached hydrogens (tertiary/aromatic N) is 2. The van der Waals surface area contributed by atoms with Crippen molar-refractivity contribution in [2.24, 2.45) is 10.8 Å². The van der Waals surface area contributed by atoms with Gasteiger partial charge in [0.15, 0.2) is 0 Å². The first-order chi connectivity index (χ1) is 6.36. The Morgan fingerprint density at radius 2 is 1.21 bits per heavy atom. The third kappa shape index (κ3) is 1.38. The van der Waals surface area contributed by atoms with Crippen LogP contribution in [0.25, 0.3) is 0 Å². The maximum atomic E-state index is 10.4. The van der Waals surface area contributed by atoms with Crippen LogP contribution in [0, 0.1) is 10.8 Å². The monoisotopic (exact) mass is 198 g/mol. The van der Waals surface area contributed by atoms with Gasteiger partial charge in [-0.1, -0.05) is 13.8 Å². The second-order valence-electron chi connectivity index (χ2n) is 6.06. The van der Waals surface area contributed by atoms with Crippen LogP contribution in [0.5, 0.6) is 0 Å². The van der Waals surface area contributed by atoms with Crippen molar-refractivity contribution in [3.05, 3.63) is 0 Å². The standard InChI is InChI=1S/C11H22N2O/c1-10-5-12(3)7-11(2,9(10)14)8-13(4)6-10/h9,14H,5-8H2,1-4H3. The molecule has 0 atom stereocenters. The largest absolute Gasteiger partial charge is 0.392 e. The van der Waals surface area contributed by atoms with E-state index in [0.717, 1.165) is 26.2 Å². The Kier molecular flexibility index (Phi) is 2.18. The van der Waals surface area contributed by atoms with Crippen molar-refractivity contribution >= 4 is 0 Å². The SMILES string of the molecule is CN1CC2(C)CN(C)CC(C)(C1)C2O. The van der Waals surface area contributed by atoms with Crippen LogP contribution in [0.1, 0.15) is 13.8 Å². The van der Waals surface area contributed by atoms with Gasteiger partial charge in [0.1, 0.15) is 0 Å². The number of piperidine rings is 2. The van der Waals surface area contributed by atoms with Crippen LogP contribution < -0.4 is 0 Å². The highest BCUT2D eigenvalue weighted by molar-refractivity contribution is 5.06.